The molecule has 4 heteroatoms. The molecule has 1 aromatic heterocycles. The Kier molecular flexibility index (Phi) is 4.90. The maximum atomic E-state index is 5.46. The lowest BCUT2D eigenvalue weighted by molar-refractivity contribution is 0.123. The second-order valence-electron chi connectivity index (χ2n) is 3.40. The van der Waals surface area contributed by atoms with E-state index in [1.165, 1.54) is 6.42 Å². The highest BCUT2D eigenvalue weighted by molar-refractivity contribution is 7.71. The zero-order valence-corrected chi connectivity index (χ0v) is 9.69. The number of aryl methyl sites for hydroxylation is 1. The number of nitrogens with one attached hydrogen (secondary N) is 1. The van der Waals surface area contributed by atoms with Gasteiger partial charge in [0.15, 0.2) is 4.77 Å². The largest absolute Gasteiger partial charge is 0.380 e. The van der Waals surface area contributed by atoms with Crippen LogP contribution in [0.3, 0.4) is 0 Å². The summed E-state index contributed by atoms with van der Waals surface area (Å²) in [6, 6.07) is 0. The predicted molar refractivity (Wildman–Crippen MR) is 60.1 cm³/mol. The first-order valence-electron chi connectivity index (χ1n) is 5.08. The van der Waals surface area contributed by atoms with E-state index in [9.17, 15) is 0 Å². The van der Waals surface area contributed by atoms with Gasteiger partial charge >= 0.3 is 0 Å². The maximum absolute atomic E-state index is 5.46. The molecule has 0 aliphatic rings. The van der Waals surface area contributed by atoms with Crippen LogP contribution in [0.4, 0.5) is 0 Å². The Labute approximate surface area is 90.1 Å². The number of nitrogens with zero attached hydrogens (tertiary/aromatic N) is 1. The Morgan fingerprint density at radius 1 is 1.50 bits per heavy atom. The fourth-order valence-corrected chi connectivity index (χ4v) is 1.55. The molecular formula is C10H18N2OS. The molecule has 1 aromatic rings. The summed E-state index contributed by atoms with van der Waals surface area (Å²) in [6.45, 7) is 6.60. The molecule has 0 aromatic carbocycles. The lowest BCUT2D eigenvalue weighted by Crippen LogP contribution is -2.05. The molecule has 0 amide bonds. The molecule has 0 radical (unpaired) electrons. The van der Waals surface area contributed by atoms with E-state index in [0.29, 0.717) is 0 Å². The highest BCUT2D eigenvalue weighted by Crippen LogP contribution is 1.97. The average molecular weight is 214 g/mol. The Morgan fingerprint density at radius 3 is 2.86 bits per heavy atom. The van der Waals surface area contributed by atoms with E-state index < -0.39 is 0 Å². The molecule has 0 bridgehead atoms. The molecule has 1 heterocycles. The van der Waals surface area contributed by atoms with Crippen molar-refractivity contribution in [2.75, 3.05) is 13.2 Å². The first-order valence-corrected chi connectivity index (χ1v) is 5.48. The van der Waals surface area contributed by atoms with E-state index >= 15 is 0 Å². The molecular weight excluding hydrogens is 196 g/mol. The molecule has 0 atom stereocenters. The number of aromatic amines is 1. The van der Waals surface area contributed by atoms with Crippen LogP contribution >= 0.6 is 12.2 Å². The van der Waals surface area contributed by atoms with Crippen molar-refractivity contribution in [3.63, 3.8) is 0 Å². The molecule has 3 nitrogen and oxygen atoms in total. The van der Waals surface area contributed by atoms with Crippen molar-refractivity contribution in [1.82, 2.24) is 9.55 Å². The third-order valence-corrected chi connectivity index (χ3v) is 2.37. The van der Waals surface area contributed by atoms with Crippen molar-refractivity contribution in [2.24, 2.45) is 0 Å². The van der Waals surface area contributed by atoms with Crippen molar-refractivity contribution in [3.05, 3.63) is 16.7 Å². The first-order chi connectivity index (χ1) is 6.74. The molecule has 14 heavy (non-hydrogen) atoms. The predicted octanol–water partition coefficient (Wildman–Crippen LogP) is 2.67. The van der Waals surface area contributed by atoms with Crippen molar-refractivity contribution in [2.45, 2.75) is 33.2 Å². The smallest absolute Gasteiger partial charge is 0.177 e. The van der Waals surface area contributed by atoms with E-state index in [2.05, 4.69) is 11.9 Å². The molecule has 0 aliphatic heterocycles. The van der Waals surface area contributed by atoms with Gasteiger partial charge in [0.05, 0.1) is 6.61 Å². The Bertz CT molecular complexity index is 316. The van der Waals surface area contributed by atoms with Crippen LogP contribution in [0.25, 0.3) is 0 Å². The molecule has 1 rings (SSSR count). The van der Waals surface area contributed by atoms with E-state index in [1.807, 2.05) is 17.7 Å². The van der Waals surface area contributed by atoms with Gasteiger partial charge in [0.25, 0.3) is 0 Å². The number of aromatic nitrogens is 2. The van der Waals surface area contributed by atoms with Gasteiger partial charge in [-0.15, -0.1) is 0 Å². The summed E-state index contributed by atoms with van der Waals surface area (Å²) in [4.78, 5) is 3.08. The zero-order chi connectivity index (χ0) is 10.4. The van der Waals surface area contributed by atoms with E-state index in [4.69, 9.17) is 17.0 Å². The van der Waals surface area contributed by atoms with Crippen LogP contribution in [-0.4, -0.2) is 22.8 Å². The van der Waals surface area contributed by atoms with Gasteiger partial charge in [0, 0.05) is 25.0 Å². The van der Waals surface area contributed by atoms with Gasteiger partial charge in [-0.25, -0.2) is 0 Å². The highest BCUT2D eigenvalue weighted by atomic mass is 32.1. The summed E-state index contributed by atoms with van der Waals surface area (Å²) in [7, 11) is 0. The topological polar surface area (TPSA) is 29.9 Å². The normalized spacial score (nSPS) is 10.7. The minimum Gasteiger partial charge on any atom is -0.380 e. The van der Waals surface area contributed by atoms with Crippen LogP contribution in [0.15, 0.2) is 6.20 Å². The summed E-state index contributed by atoms with van der Waals surface area (Å²) in [5.74, 6) is 0. The van der Waals surface area contributed by atoms with E-state index in [-0.39, 0.29) is 0 Å². The number of rotatable bonds is 6. The molecule has 80 valence electrons. The van der Waals surface area contributed by atoms with Crippen LogP contribution in [0, 0.1) is 11.7 Å². The molecule has 1 N–H and O–H groups in total. The van der Waals surface area contributed by atoms with Crippen molar-refractivity contribution >= 4 is 12.2 Å². The van der Waals surface area contributed by atoms with Crippen molar-refractivity contribution in [3.8, 4) is 0 Å². The van der Waals surface area contributed by atoms with Gasteiger partial charge in [-0.3, -0.25) is 0 Å². The molecule has 0 saturated carbocycles. The SMILES string of the molecule is CCCCOCCn1cc(C)[nH]c1=S. The standard InChI is InChI=1S/C10H18N2OS/c1-3-4-6-13-7-5-12-8-9(2)11-10(12)14/h8H,3-7H2,1-2H3,(H,11,14). The van der Waals surface area contributed by atoms with Gasteiger partial charge in [0.1, 0.15) is 0 Å². The minimum absolute atomic E-state index is 0.742. The van der Waals surface area contributed by atoms with Gasteiger partial charge in [-0.05, 0) is 25.6 Å². The molecule has 0 saturated heterocycles. The summed E-state index contributed by atoms with van der Waals surface area (Å²) in [5.41, 5.74) is 1.10. The quantitative estimate of drug-likeness (QED) is 0.583. The van der Waals surface area contributed by atoms with Crippen molar-refractivity contribution in [1.29, 1.82) is 0 Å². The first kappa shape index (κ1) is 11.5. The van der Waals surface area contributed by atoms with Crippen molar-refractivity contribution < 1.29 is 4.74 Å². The minimum atomic E-state index is 0.742. The van der Waals surface area contributed by atoms with Crippen LogP contribution < -0.4 is 0 Å². The van der Waals surface area contributed by atoms with Crippen LogP contribution in [0.5, 0.6) is 0 Å². The molecule has 0 unspecified atom stereocenters. The van der Waals surface area contributed by atoms with Crippen LogP contribution in [0.1, 0.15) is 25.5 Å². The third kappa shape index (κ3) is 3.64. The van der Waals surface area contributed by atoms with Crippen LogP contribution in [-0.2, 0) is 11.3 Å². The van der Waals surface area contributed by atoms with E-state index in [1.54, 1.807) is 0 Å². The summed E-state index contributed by atoms with van der Waals surface area (Å²) in [5, 5.41) is 0. The monoisotopic (exact) mass is 214 g/mol. The van der Waals surface area contributed by atoms with Crippen LogP contribution in [0.2, 0.25) is 0 Å². The second-order valence-corrected chi connectivity index (χ2v) is 3.79. The second kappa shape index (κ2) is 5.98. The van der Waals surface area contributed by atoms with Gasteiger partial charge < -0.3 is 14.3 Å². The van der Waals surface area contributed by atoms with Gasteiger partial charge in [-0.2, -0.15) is 0 Å². The average Bonchev–Trinajstić information content (AvgIpc) is 2.45. The summed E-state index contributed by atoms with van der Waals surface area (Å²) >= 11 is 5.13. The maximum Gasteiger partial charge on any atom is 0.177 e. The fraction of sp³-hybridized carbons (Fsp3) is 0.700. The van der Waals surface area contributed by atoms with Gasteiger partial charge in [0.2, 0.25) is 0 Å². The molecule has 0 spiro atoms. The lowest BCUT2D eigenvalue weighted by atomic mass is 10.4. The lowest BCUT2D eigenvalue weighted by Gasteiger charge is -2.03. The Hall–Kier alpha value is -0.610. The van der Waals surface area contributed by atoms with Gasteiger partial charge in [-0.1, -0.05) is 13.3 Å². The molecule has 0 fully saturated rings. The summed E-state index contributed by atoms with van der Waals surface area (Å²) in [6.07, 6.45) is 4.34. The number of H-pyrrole nitrogens is 1. The fourth-order valence-electron chi connectivity index (χ4n) is 1.24. The zero-order valence-electron chi connectivity index (χ0n) is 8.88. The summed E-state index contributed by atoms with van der Waals surface area (Å²) < 4.78 is 8.25. The Morgan fingerprint density at radius 2 is 2.29 bits per heavy atom. The Balaban J connectivity index is 2.25. The number of hydrogen-bond acceptors (Lipinski definition) is 2. The highest BCUT2D eigenvalue weighted by Gasteiger charge is 1.95. The number of hydrogen-bond donors (Lipinski definition) is 1. The molecule has 0 aliphatic carbocycles. The number of ether oxygens (including phenoxy) is 1. The number of imidazole rings is 1. The van der Waals surface area contributed by atoms with E-state index in [0.717, 1.165) is 36.6 Å². The third-order valence-electron chi connectivity index (χ3n) is 2.03. The number of unbranched alkanes of at least 4 members (excludes halogenated alkanes) is 1.